The minimum atomic E-state index is -0.573. The molecule has 8 nitrogen and oxygen atoms in total. The van der Waals surface area contributed by atoms with Gasteiger partial charge in [-0.15, -0.1) is 0 Å². The Morgan fingerprint density at radius 2 is 1.78 bits per heavy atom. The molecule has 0 N–H and O–H groups in total. The van der Waals surface area contributed by atoms with Crippen molar-refractivity contribution in [3.63, 3.8) is 0 Å². The summed E-state index contributed by atoms with van der Waals surface area (Å²) in [6.45, 7) is 8.72. The first-order chi connectivity index (χ1) is 22.2. The van der Waals surface area contributed by atoms with E-state index in [1.165, 1.54) is 0 Å². The normalized spacial score (nSPS) is 13.5. The number of ether oxygens (including phenoxy) is 3. The van der Waals surface area contributed by atoms with Crippen molar-refractivity contribution in [3.8, 4) is 5.75 Å². The van der Waals surface area contributed by atoms with Crippen LogP contribution in [0.3, 0.4) is 0 Å². The summed E-state index contributed by atoms with van der Waals surface area (Å²) < 4.78 is 19.1. The van der Waals surface area contributed by atoms with Gasteiger partial charge in [-0.2, -0.15) is 0 Å². The molecule has 0 radical (unpaired) electrons. The van der Waals surface area contributed by atoms with Gasteiger partial charge in [-0.25, -0.2) is 14.6 Å². The maximum absolute atomic E-state index is 12.9. The Hall–Kier alpha value is -5.11. The number of rotatable bonds is 8. The number of fused-ring (bicyclic) bond motifs is 3. The van der Waals surface area contributed by atoms with E-state index < -0.39 is 11.6 Å². The number of nitrogens with zero attached hydrogens (tertiary/aromatic N) is 3. The lowest BCUT2D eigenvalue weighted by atomic mass is 10.0. The van der Waals surface area contributed by atoms with E-state index >= 15 is 0 Å². The van der Waals surface area contributed by atoms with Crippen LogP contribution in [0.15, 0.2) is 91.1 Å². The van der Waals surface area contributed by atoms with Crippen molar-refractivity contribution in [1.29, 1.82) is 0 Å². The van der Waals surface area contributed by atoms with Crippen LogP contribution in [-0.2, 0) is 27.1 Å². The molecule has 46 heavy (non-hydrogen) atoms. The van der Waals surface area contributed by atoms with Gasteiger partial charge in [0.25, 0.3) is 0 Å². The Morgan fingerprint density at radius 1 is 0.957 bits per heavy atom. The number of hydrogen-bond donors (Lipinski definition) is 0. The van der Waals surface area contributed by atoms with Gasteiger partial charge >= 0.3 is 12.1 Å². The molecule has 8 heteroatoms. The van der Waals surface area contributed by atoms with E-state index in [4.69, 9.17) is 19.2 Å². The molecule has 0 unspecified atom stereocenters. The Kier molecular flexibility index (Phi) is 8.79. The van der Waals surface area contributed by atoms with Gasteiger partial charge in [0, 0.05) is 41.9 Å². The smallest absolute Gasteiger partial charge is 0.416 e. The summed E-state index contributed by atoms with van der Waals surface area (Å²) >= 11 is 0. The number of carbonyl (C=O) groups is 2. The number of aryl methyl sites for hydroxylation is 1. The highest BCUT2D eigenvalue weighted by atomic mass is 16.6. The van der Waals surface area contributed by atoms with Gasteiger partial charge in [0.2, 0.25) is 0 Å². The van der Waals surface area contributed by atoms with Crippen molar-refractivity contribution in [3.05, 3.63) is 108 Å². The van der Waals surface area contributed by atoms with Crippen LogP contribution < -0.4 is 9.64 Å². The molecule has 0 saturated carbocycles. The summed E-state index contributed by atoms with van der Waals surface area (Å²) in [7, 11) is 0. The summed E-state index contributed by atoms with van der Waals surface area (Å²) in [5.41, 5.74) is 3.94. The van der Waals surface area contributed by atoms with Gasteiger partial charge < -0.3 is 18.8 Å². The minimum Gasteiger partial charge on any atom is -0.493 e. The molecular formula is C38H39N3O5. The molecule has 0 atom stereocenters. The van der Waals surface area contributed by atoms with E-state index in [2.05, 4.69) is 24.3 Å². The van der Waals surface area contributed by atoms with E-state index in [9.17, 15) is 9.59 Å². The first-order valence-corrected chi connectivity index (χ1v) is 15.8. The van der Waals surface area contributed by atoms with E-state index in [1.807, 2.05) is 86.1 Å². The molecule has 0 fully saturated rings. The SMILES string of the molecule is CCOC(=O)/C=C(\c1cccc2ccccc12)n1ccc2cc(OCCc3ccc4c(n3)N(C(=O)OC(C)(C)C)CCC4)ccc21. The van der Waals surface area contributed by atoms with Gasteiger partial charge in [-0.3, -0.25) is 4.90 Å². The number of amides is 1. The second-order valence-electron chi connectivity index (χ2n) is 12.3. The molecule has 1 aliphatic rings. The highest BCUT2D eigenvalue weighted by Gasteiger charge is 2.28. The van der Waals surface area contributed by atoms with Crippen molar-refractivity contribution in [2.24, 2.45) is 0 Å². The lowest BCUT2D eigenvalue weighted by Crippen LogP contribution is -2.40. The van der Waals surface area contributed by atoms with Crippen molar-refractivity contribution >= 4 is 45.3 Å². The van der Waals surface area contributed by atoms with Crippen LogP contribution in [0.4, 0.5) is 10.6 Å². The quantitative estimate of drug-likeness (QED) is 0.130. The van der Waals surface area contributed by atoms with Gasteiger partial charge in [0.1, 0.15) is 17.2 Å². The zero-order valence-corrected chi connectivity index (χ0v) is 26.8. The Bertz CT molecular complexity index is 1930. The molecule has 1 amide bonds. The molecule has 3 aromatic carbocycles. The van der Waals surface area contributed by atoms with Gasteiger partial charge in [0.15, 0.2) is 0 Å². The largest absolute Gasteiger partial charge is 0.493 e. The van der Waals surface area contributed by atoms with Crippen LogP contribution in [-0.4, -0.2) is 47.0 Å². The number of benzene rings is 3. The molecule has 2 aromatic heterocycles. The van der Waals surface area contributed by atoms with Gasteiger partial charge in [0.05, 0.1) is 24.4 Å². The second kappa shape index (κ2) is 13.1. The topological polar surface area (TPSA) is 82.9 Å². The predicted molar refractivity (Wildman–Crippen MR) is 181 cm³/mol. The van der Waals surface area contributed by atoms with Crippen molar-refractivity contribution in [1.82, 2.24) is 9.55 Å². The molecule has 3 heterocycles. The lowest BCUT2D eigenvalue weighted by molar-refractivity contribution is -0.137. The minimum absolute atomic E-state index is 0.300. The zero-order valence-electron chi connectivity index (χ0n) is 26.8. The lowest BCUT2D eigenvalue weighted by Gasteiger charge is -2.31. The Labute approximate surface area is 269 Å². The summed E-state index contributed by atoms with van der Waals surface area (Å²) in [5.74, 6) is 1.02. The van der Waals surface area contributed by atoms with Crippen LogP contribution in [0, 0.1) is 0 Å². The Morgan fingerprint density at radius 3 is 2.61 bits per heavy atom. The average Bonchev–Trinajstić information content (AvgIpc) is 3.45. The number of pyridine rings is 1. The summed E-state index contributed by atoms with van der Waals surface area (Å²) in [5, 5.41) is 3.12. The first kappa shape index (κ1) is 30.9. The van der Waals surface area contributed by atoms with E-state index in [0.29, 0.717) is 32.0 Å². The van der Waals surface area contributed by atoms with Crippen LogP contribution in [0.1, 0.15) is 50.9 Å². The molecule has 0 aliphatic carbocycles. The molecule has 5 aromatic rings. The molecular weight excluding hydrogens is 578 g/mol. The van der Waals surface area contributed by atoms with Crippen molar-refractivity contribution < 1.29 is 23.8 Å². The second-order valence-corrected chi connectivity index (χ2v) is 12.3. The predicted octanol–water partition coefficient (Wildman–Crippen LogP) is 7.95. The molecule has 1 aliphatic heterocycles. The fraction of sp³-hybridized carbons (Fsp3) is 0.289. The third-order valence-electron chi connectivity index (χ3n) is 7.87. The van der Waals surface area contributed by atoms with Crippen LogP contribution in [0.2, 0.25) is 0 Å². The zero-order chi connectivity index (χ0) is 32.3. The fourth-order valence-corrected chi connectivity index (χ4v) is 5.83. The molecule has 0 saturated heterocycles. The fourth-order valence-electron chi connectivity index (χ4n) is 5.83. The highest BCUT2D eigenvalue weighted by molar-refractivity contribution is 6.01. The number of aromatic nitrogens is 2. The number of anilines is 1. The first-order valence-electron chi connectivity index (χ1n) is 15.8. The van der Waals surface area contributed by atoms with Gasteiger partial charge in [-0.05, 0) is 87.2 Å². The van der Waals surface area contributed by atoms with E-state index in [0.717, 1.165) is 62.8 Å². The molecule has 236 valence electrons. The van der Waals surface area contributed by atoms with Crippen LogP contribution in [0.5, 0.6) is 5.75 Å². The molecule has 0 spiro atoms. The number of esters is 1. The summed E-state index contributed by atoms with van der Waals surface area (Å²) in [6, 6.07) is 26.3. The standard InChI is InChI=1S/C38H39N3O5/c1-5-44-35(42)25-34(32-14-8-11-26-10-6-7-13-31(26)32)40-22-19-28-24-30(17-18-33(28)40)45-23-20-29-16-15-27-12-9-21-41(36(27)39-29)37(43)46-38(2,3)4/h6-8,10-11,13-19,22,24-25H,5,9,12,20-21,23H2,1-4H3/b34-25+. The Balaban J connectivity index is 1.21. The maximum Gasteiger partial charge on any atom is 0.416 e. The van der Waals surface area contributed by atoms with E-state index in [-0.39, 0.29) is 6.09 Å². The van der Waals surface area contributed by atoms with Crippen molar-refractivity contribution in [2.45, 2.75) is 52.6 Å². The summed E-state index contributed by atoms with van der Waals surface area (Å²) in [6.07, 6.45) is 5.51. The third kappa shape index (κ3) is 6.76. The van der Waals surface area contributed by atoms with Gasteiger partial charge in [-0.1, -0.05) is 48.5 Å². The number of carbonyl (C=O) groups excluding carboxylic acids is 2. The highest BCUT2D eigenvalue weighted by Crippen LogP contribution is 2.32. The average molecular weight is 618 g/mol. The maximum atomic E-state index is 12.9. The van der Waals surface area contributed by atoms with Crippen molar-refractivity contribution in [2.75, 3.05) is 24.7 Å². The monoisotopic (exact) mass is 617 g/mol. The van der Waals surface area contributed by atoms with E-state index in [1.54, 1.807) is 17.9 Å². The van der Waals surface area contributed by atoms with Crippen LogP contribution >= 0.6 is 0 Å². The molecule has 0 bridgehead atoms. The third-order valence-corrected chi connectivity index (χ3v) is 7.87. The number of hydrogen-bond acceptors (Lipinski definition) is 6. The molecule has 6 rings (SSSR count). The summed E-state index contributed by atoms with van der Waals surface area (Å²) in [4.78, 5) is 32.1. The van der Waals surface area contributed by atoms with Crippen LogP contribution in [0.25, 0.3) is 27.4 Å².